The van der Waals surface area contributed by atoms with Crippen molar-refractivity contribution in [3.8, 4) is 0 Å². The molecule has 0 spiro atoms. The van der Waals surface area contributed by atoms with Gasteiger partial charge in [-0.05, 0) is 41.0 Å². The number of benzene rings is 3. The Balaban J connectivity index is 1.95. The van der Waals surface area contributed by atoms with Crippen molar-refractivity contribution in [1.82, 2.24) is 10.2 Å². The van der Waals surface area contributed by atoms with E-state index in [9.17, 15) is 9.59 Å². The Morgan fingerprint density at radius 2 is 1.66 bits per heavy atom. The second-order valence-corrected chi connectivity index (χ2v) is 9.14. The molecular formula is C25H23BrCl2N2O2. The molecule has 0 fully saturated rings. The van der Waals surface area contributed by atoms with Gasteiger partial charge in [0.25, 0.3) is 0 Å². The molecule has 3 aromatic rings. The monoisotopic (exact) mass is 532 g/mol. The van der Waals surface area contributed by atoms with Crippen LogP contribution in [0.2, 0.25) is 10.0 Å². The van der Waals surface area contributed by atoms with Gasteiger partial charge in [-0.2, -0.15) is 0 Å². The number of hydrogen-bond donors (Lipinski definition) is 1. The zero-order valence-electron chi connectivity index (χ0n) is 17.5. The van der Waals surface area contributed by atoms with Gasteiger partial charge in [0.1, 0.15) is 6.04 Å². The highest BCUT2D eigenvalue weighted by Gasteiger charge is 2.30. The van der Waals surface area contributed by atoms with Crippen LogP contribution >= 0.6 is 39.1 Å². The number of carbonyl (C=O) groups is 2. The Bertz CT molecular complexity index is 1080. The summed E-state index contributed by atoms with van der Waals surface area (Å²) in [5, 5.41) is 3.64. The van der Waals surface area contributed by atoms with E-state index in [1.54, 1.807) is 30.1 Å². The van der Waals surface area contributed by atoms with Crippen molar-refractivity contribution in [3.05, 3.63) is 104 Å². The van der Waals surface area contributed by atoms with Gasteiger partial charge in [-0.15, -0.1) is 0 Å². The standard InChI is InChI=1S/C25H23BrCl2N2O2/c1-29-25(32)23(13-17-5-3-2-4-6-17)30(16-18-7-10-20(26)11-8-18)24(31)14-19-9-12-21(27)15-22(19)28/h2-12,15,23H,13-14,16H2,1H3,(H,29,32). The van der Waals surface area contributed by atoms with Crippen LogP contribution in [0.5, 0.6) is 0 Å². The summed E-state index contributed by atoms with van der Waals surface area (Å²) < 4.78 is 0.944. The van der Waals surface area contributed by atoms with Crippen molar-refractivity contribution in [3.63, 3.8) is 0 Å². The number of nitrogens with one attached hydrogen (secondary N) is 1. The van der Waals surface area contributed by atoms with Crippen molar-refractivity contribution < 1.29 is 9.59 Å². The fraction of sp³-hybridized carbons (Fsp3) is 0.200. The van der Waals surface area contributed by atoms with Gasteiger partial charge in [0.2, 0.25) is 11.8 Å². The molecule has 0 radical (unpaired) electrons. The molecule has 3 aromatic carbocycles. The van der Waals surface area contributed by atoms with Crippen molar-refractivity contribution in [1.29, 1.82) is 0 Å². The molecule has 0 saturated carbocycles. The van der Waals surface area contributed by atoms with Gasteiger partial charge in [0.15, 0.2) is 0 Å². The number of amides is 2. The summed E-state index contributed by atoms with van der Waals surface area (Å²) in [6.45, 7) is 0.294. The van der Waals surface area contributed by atoms with Crippen LogP contribution in [0.3, 0.4) is 0 Å². The lowest BCUT2D eigenvalue weighted by Crippen LogP contribution is -2.50. The van der Waals surface area contributed by atoms with E-state index in [4.69, 9.17) is 23.2 Å². The Kier molecular flexibility index (Phi) is 8.74. The molecule has 3 rings (SSSR count). The van der Waals surface area contributed by atoms with E-state index in [-0.39, 0.29) is 18.2 Å². The largest absolute Gasteiger partial charge is 0.357 e. The van der Waals surface area contributed by atoms with E-state index in [0.717, 1.165) is 15.6 Å². The molecule has 0 aliphatic heterocycles. The van der Waals surface area contributed by atoms with E-state index in [1.165, 1.54) is 0 Å². The Labute approximate surface area is 206 Å². The van der Waals surface area contributed by atoms with Crippen LogP contribution in [0.25, 0.3) is 0 Å². The van der Waals surface area contributed by atoms with E-state index >= 15 is 0 Å². The average molecular weight is 534 g/mol. The van der Waals surface area contributed by atoms with Gasteiger partial charge in [0.05, 0.1) is 6.42 Å². The molecular weight excluding hydrogens is 511 g/mol. The normalized spacial score (nSPS) is 11.6. The fourth-order valence-corrected chi connectivity index (χ4v) is 4.18. The Hall–Kier alpha value is -2.34. The molecule has 1 atom stereocenters. The number of halogens is 3. The predicted octanol–water partition coefficient (Wildman–Crippen LogP) is 5.68. The van der Waals surface area contributed by atoms with Gasteiger partial charge in [0, 0.05) is 34.5 Å². The maximum absolute atomic E-state index is 13.5. The molecule has 2 amide bonds. The first-order valence-corrected chi connectivity index (χ1v) is 11.7. The minimum absolute atomic E-state index is 0.0643. The summed E-state index contributed by atoms with van der Waals surface area (Å²) in [5.74, 6) is -0.414. The zero-order valence-corrected chi connectivity index (χ0v) is 20.6. The summed E-state index contributed by atoms with van der Waals surface area (Å²) in [7, 11) is 1.58. The van der Waals surface area contributed by atoms with Gasteiger partial charge in [-0.25, -0.2) is 0 Å². The van der Waals surface area contributed by atoms with Crippen LogP contribution in [0, 0.1) is 0 Å². The van der Waals surface area contributed by atoms with Crippen LogP contribution in [-0.4, -0.2) is 29.8 Å². The molecule has 1 N–H and O–H groups in total. The van der Waals surface area contributed by atoms with Crippen molar-refractivity contribution in [2.45, 2.75) is 25.4 Å². The second kappa shape index (κ2) is 11.5. The summed E-state index contributed by atoms with van der Waals surface area (Å²) >= 11 is 15.8. The summed E-state index contributed by atoms with van der Waals surface area (Å²) in [5.41, 5.74) is 2.56. The molecule has 166 valence electrons. The first kappa shape index (κ1) is 24.3. The van der Waals surface area contributed by atoms with Crippen LogP contribution in [-0.2, 0) is 29.0 Å². The molecule has 0 saturated heterocycles. The summed E-state index contributed by atoms with van der Waals surface area (Å²) in [4.78, 5) is 28.1. The lowest BCUT2D eigenvalue weighted by Gasteiger charge is -2.31. The number of likely N-dealkylation sites (N-methyl/N-ethyl adjacent to an activating group) is 1. The van der Waals surface area contributed by atoms with Crippen LogP contribution in [0.4, 0.5) is 0 Å². The SMILES string of the molecule is CNC(=O)C(Cc1ccccc1)N(Cc1ccc(Br)cc1)C(=O)Cc1ccc(Cl)cc1Cl. The van der Waals surface area contributed by atoms with Crippen molar-refractivity contribution >= 4 is 50.9 Å². The Morgan fingerprint density at radius 3 is 2.28 bits per heavy atom. The molecule has 0 aromatic heterocycles. The molecule has 1 unspecified atom stereocenters. The number of rotatable bonds is 8. The Morgan fingerprint density at radius 1 is 0.969 bits per heavy atom. The molecule has 4 nitrogen and oxygen atoms in total. The lowest BCUT2D eigenvalue weighted by atomic mass is 10.0. The quantitative estimate of drug-likeness (QED) is 0.404. The smallest absolute Gasteiger partial charge is 0.242 e. The maximum atomic E-state index is 13.5. The van der Waals surface area contributed by atoms with E-state index in [0.29, 0.717) is 28.6 Å². The highest BCUT2D eigenvalue weighted by molar-refractivity contribution is 9.10. The van der Waals surface area contributed by atoms with Crippen LogP contribution in [0.1, 0.15) is 16.7 Å². The maximum Gasteiger partial charge on any atom is 0.242 e. The minimum Gasteiger partial charge on any atom is -0.357 e. The first-order valence-electron chi connectivity index (χ1n) is 10.1. The van der Waals surface area contributed by atoms with Crippen molar-refractivity contribution in [2.75, 3.05) is 7.05 Å². The fourth-order valence-electron chi connectivity index (χ4n) is 3.44. The molecule has 7 heteroatoms. The lowest BCUT2D eigenvalue weighted by molar-refractivity contribution is -0.140. The molecule has 0 bridgehead atoms. The minimum atomic E-state index is -0.676. The molecule has 32 heavy (non-hydrogen) atoms. The number of hydrogen-bond acceptors (Lipinski definition) is 2. The van der Waals surface area contributed by atoms with E-state index in [2.05, 4.69) is 21.2 Å². The third kappa shape index (κ3) is 6.58. The first-order chi connectivity index (χ1) is 15.4. The highest BCUT2D eigenvalue weighted by atomic mass is 79.9. The van der Waals surface area contributed by atoms with E-state index in [1.807, 2.05) is 54.6 Å². The zero-order chi connectivity index (χ0) is 23.1. The number of carbonyl (C=O) groups excluding carboxylic acids is 2. The third-order valence-electron chi connectivity index (χ3n) is 5.14. The molecule has 0 aliphatic carbocycles. The summed E-state index contributed by atoms with van der Waals surface area (Å²) in [6.07, 6.45) is 0.464. The summed E-state index contributed by atoms with van der Waals surface area (Å²) in [6, 6.07) is 21.8. The second-order valence-electron chi connectivity index (χ2n) is 7.38. The van der Waals surface area contributed by atoms with Crippen LogP contribution in [0.15, 0.2) is 77.3 Å². The van der Waals surface area contributed by atoms with Crippen LogP contribution < -0.4 is 5.32 Å². The van der Waals surface area contributed by atoms with Gasteiger partial charge in [-0.3, -0.25) is 9.59 Å². The third-order valence-corrected chi connectivity index (χ3v) is 6.26. The van der Waals surface area contributed by atoms with Crippen molar-refractivity contribution in [2.24, 2.45) is 0 Å². The molecule has 0 aliphatic rings. The van der Waals surface area contributed by atoms with Gasteiger partial charge < -0.3 is 10.2 Å². The highest BCUT2D eigenvalue weighted by Crippen LogP contribution is 2.23. The topological polar surface area (TPSA) is 49.4 Å². The predicted molar refractivity (Wildman–Crippen MR) is 133 cm³/mol. The van der Waals surface area contributed by atoms with Gasteiger partial charge >= 0.3 is 0 Å². The average Bonchev–Trinajstić information content (AvgIpc) is 2.79. The molecule has 0 heterocycles. The number of nitrogens with zero attached hydrogens (tertiary/aromatic N) is 1. The van der Waals surface area contributed by atoms with E-state index < -0.39 is 6.04 Å². The van der Waals surface area contributed by atoms with Gasteiger partial charge in [-0.1, -0.05) is 87.7 Å².